The number of fused-ring (bicyclic) bond motifs is 3. The fourth-order valence-electron chi connectivity index (χ4n) is 5.97. The van der Waals surface area contributed by atoms with Crippen LogP contribution in [0.1, 0.15) is 17.5 Å². The molecule has 8 rings (SSSR count). The molecule has 0 spiro atoms. The van der Waals surface area contributed by atoms with Crippen molar-refractivity contribution >= 4 is 22.5 Å². The Bertz CT molecular complexity index is 1550. The Balaban J connectivity index is 1.07. The zero-order valence-corrected chi connectivity index (χ0v) is 23.0. The second-order valence-corrected chi connectivity index (χ2v) is 12.3. The highest BCUT2D eigenvalue weighted by atomic mass is 32.2. The Morgan fingerprint density at radius 3 is 2.62 bits per heavy atom. The smallest absolute Gasteiger partial charge is 0.212 e. The van der Waals surface area contributed by atoms with E-state index >= 15 is 0 Å². The van der Waals surface area contributed by atoms with Crippen LogP contribution in [0.3, 0.4) is 0 Å². The second-order valence-electron chi connectivity index (χ2n) is 10.7. The third-order valence-electron chi connectivity index (χ3n) is 8.14. The van der Waals surface area contributed by atoms with Crippen LogP contribution < -0.4 is 14.4 Å². The SMILES string of the molecule is COc1ccc(CN2C3CC2CN(c2ccc(-c4cc(OCC5C[S+]([O-])C5)cn5ncc(C#N)c45)cn2)C3)cn1. The van der Waals surface area contributed by atoms with Crippen LogP contribution in [-0.2, 0) is 17.7 Å². The van der Waals surface area contributed by atoms with Gasteiger partial charge in [-0.05, 0) is 30.2 Å². The molecule has 204 valence electrons. The minimum absolute atomic E-state index is 0.313. The molecule has 4 aromatic rings. The number of hydrogen-bond donors (Lipinski definition) is 0. The molecule has 8 heterocycles. The Morgan fingerprint density at radius 1 is 1.10 bits per heavy atom. The largest absolute Gasteiger partial charge is 0.616 e. The summed E-state index contributed by atoms with van der Waals surface area (Å²) in [7, 11) is 1.63. The van der Waals surface area contributed by atoms with Crippen molar-refractivity contribution < 1.29 is 14.0 Å². The summed E-state index contributed by atoms with van der Waals surface area (Å²) < 4.78 is 24.4. The van der Waals surface area contributed by atoms with Gasteiger partial charge in [-0.25, -0.2) is 14.5 Å². The van der Waals surface area contributed by atoms with Crippen LogP contribution in [0.5, 0.6) is 11.6 Å². The molecule has 2 unspecified atom stereocenters. The highest BCUT2D eigenvalue weighted by molar-refractivity contribution is 7.92. The van der Waals surface area contributed by atoms with E-state index in [2.05, 4.69) is 44.2 Å². The van der Waals surface area contributed by atoms with Gasteiger partial charge < -0.3 is 18.9 Å². The van der Waals surface area contributed by atoms with E-state index in [0.717, 1.165) is 42.1 Å². The molecule has 10 nitrogen and oxygen atoms in total. The topological polar surface area (TPSA) is 115 Å². The van der Waals surface area contributed by atoms with Gasteiger partial charge in [-0.2, -0.15) is 10.4 Å². The normalized spacial score (nSPS) is 23.8. The zero-order chi connectivity index (χ0) is 27.2. The van der Waals surface area contributed by atoms with E-state index in [9.17, 15) is 9.81 Å². The summed E-state index contributed by atoms with van der Waals surface area (Å²) in [6, 6.07) is 13.3. The summed E-state index contributed by atoms with van der Waals surface area (Å²) in [5.41, 5.74) is 4.18. The fourth-order valence-corrected chi connectivity index (χ4v) is 7.11. The fraction of sp³-hybridized carbons (Fsp3) is 0.379. The number of pyridine rings is 3. The number of hydrogen-bond acceptors (Lipinski definition) is 9. The standard InChI is InChI=1S/C29H29N7O3S/c1-38-28-5-2-19(9-32-28)12-35-23-6-24(35)14-34(13-23)27-4-3-21(10-31-27)26-7-25(39-16-20-17-40(37)18-20)15-36-29(26)22(8-30)11-33-36/h2-5,7,9-11,15,20,23-24H,6,12-14,16-18H2,1H3. The van der Waals surface area contributed by atoms with Crippen LogP contribution in [0.25, 0.3) is 16.6 Å². The molecule has 11 heteroatoms. The van der Waals surface area contributed by atoms with Crippen molar-refractivity contribution in [3.8, 4) is 28.8 Å². The molecule has 0 aliphatic carbocycles. The summed E-state index contributed by atoms with van der Waals surface area (Å²) >= 11 is -0.707. The Hall–Kier alpha value is -3.85. The minimum Gasteiger partial charge on any atom is -0.616 e. The first-order chi connectivity index (χ1) is 19.6. The number of anilines is 1. The number of ether oxygens (including phenoxy) is 2. The van der Waals surface area contributed by atoms with Gasteiger partial charge in [-0.15, -0.1) is 0 Å². The van der Waals surface area contributed by atoms with Gasteiger partial charge in [0.1, 0.15) is 35.7 Å². The third kappa shape index (κ3) is 4.62. The maximum atomic E-state index is 11.4. The van der Waals surface area contributed by atoms with E-state index in [1.807, 2.05) is 24.5 Å². The molecule has 0 amide bonds. The van der Waals surface area contributed by atoms with E-state index in [-0.39, 0.29) is 0 Å². The molecule has 0 saturated carbocycles. The van der Waals surface area contributed by atoms with Gasteiger partial charge >= 0.3 is 0 Å². The number of nitrogens with zero attached hydrogens (tertiary/aromatic N) is 7. The average molecular weight is 556 g/mol. The first-order valence-corrected chi connectivity index (χ1v) is 14.9. The highest BCUT2D eigenvalue weighted by Crippen LogP contribution is 2.37. The molecular weight excluding hydrogens is 526 g/mol. The van der Waals surface area contributed by atoms with Crippen LogP contribution >= 0.6 is 0 Å². The van der Waals surface area contributed by atoms with Gasteiger partial charge in [-0.3, -0.25) is 4.90 Å². The number of aromatic nitrogens is 4. The quantitative estimate of drug-likeness (QED) is 0.303. The molecule has 4 aliphatic rings. The second kappa shape index (κ2) is 10.3. The number of rotatable bonds is 8. The first kappa shape index (κ1) is 25.1. The van der Waals surface area contributed by atoms with Crippen molar-refractivity contribution in [3.05, 3.63) is 66.2 Å². The molecule has 4 aromatic heterocycles. The van der Waals surface area contributed by atoms with Gasteiger partial charge in [0.05, 0.1) is 36.5 Å². The molecule has 4 aliphatic heterocycles. The lowest BCUT2D eigenvalue weighted by Gasteiger charge is -2.56. The molecule has 0 radical (unpaired) electrons. The summed E-state index contributed by atoms with van der Waals surface area (Å²) in [6.07, 6.45) is 8.35. The monoisotopic (exact) mass is 555 g/mol. The summed E-state index contributed by atoms with van der Waals surface area (Å²) in [5, 5.41) is 14.1. The van der Waals surface area contributed by atoms with Gasteiger partial charge in [-0.1, -0.05) is 17.2 Å². The average Bonchev–Trinajstić information content (AvgIpc) is 3.40. The van der Waals surface area contributed by atoms with E-state index in [1.165, 1.54) is 12.0 Å². The maximum absolute atomic E-state index is 11.4. The van der Waals surface area contributed by atoms with Crippen LogP contribution in [-0.4, -0.2) is 79.4 Å². The third-order valence-corrected chi connectivity index (χ3v) is 9.82. The Morgan fingerprint density at radius 2 is 1.95 bits per heavy atom. The number of methoxy groups -OCH3 is 1. The molecule has 0 aromatic carbocycles. The first-order valence-electron chi connectivity index (χ1n) is 13.4. The lowest BCUT2D eigenvalue weighted by atomic mass is 9.87. The van der Waals surface area contributed by atoms with Gasteiger partial charge in [0.2, 0.25) is 5.88 Å². The lowest BCUT2D eigenvalue weighted by Crippen LogP contribution is -2.68. The van der Waals surface area contributed by atoms with Crippen molar-refractivity contribution in [2.45, 2.75) is 25.0 Å². The predicted octanol–water partition coefficient (Wildman–Crippen LogP) is 2.89. The van der Waals surface area contributed by atoms with Crippen molar-refractivity contribution in [2.24, 2.45) is 5.92 Å². The Kier molecular flexibility index (Phi) is 6.46. The maximum Gasteiger partial charge on any atom is 0.212 e. The molecule has 4 fully saturated rings. The van der Waals surface area contributed by atoms with E-state index in [1.54, 1.807) is 24.0 Å². The van der Waals surface area contributed by atoms with Gasteiger partial charge in [0, 0.05) is 61.3 Å². The van der Waals surface area contributed by atoms with Crippen molar-refractivity contribution in [1.82, 2.24) is 24.5 Å². The van der Waals surface area contributed by atoms with Gasteiger partial charge in [0.25, 0.3) is 0 Å². The molecule has 4 saturated heterocycles. The van der Waals surface area contributed by atoms with Crippen molar-refractivity contribution in [1.29, 1.82) is 5.26 Å². The molecule has 40 heavy (non-hydrogen) atoms. The van der Waals surface area contributed by atoms with Crippen molar-refractivity contribution in [2.75, 3.05) is 43.2 Å². The van der Waals surface area contributed by atoms with E-state index < -0.39 is 11.2 Å². The van der Waals surface area contributed by atoms with Crippen LogP contribution in [0.15, 0.2) is 55.1 Å². The molecule has 2 bridgehead atoms. The van der Waals surface area contributed by atoms with E-state index in [0.29, 0.717) is 53.3 Å². The number of piperazine rings is 1. The number of piperidine rings is 1. The van der Waals surface area contributed by atoms with E-state index in [4.69, 9.17) is 14.5 Å². The zero-order valence-electron chi connectivity index (χ0n) is 22.1. The number of nitriles is 1. The Labute approximate surface area is 235 Å². The molecular formula is C29H29N7O3S. The predicted molar refractivity (Wildman–Crippen MR) is 151 cm³/mol. The van der Waals surface area contributed by atoms with Crippen LogP contribution in [0, 0.1) is 17.2 Å². The highest BCUT2D eigenvalue weighted by Gasteiger charge is 2.44. The molecule has 0 N–H and O–H groups in total. The van der Waals surface area contributed by atoms with Crippen molar-refractivity contribution in [3.63, 3.8) is 0 Å². The minimum atomic E-state index is -0.707. The molecule has 2 atom stereocenters. The lowest BCUT2D eigenvalue weighted by molar-refractivity contribution is -0.00876. The summed E-state index contributed by atoms with van der Waals surface area (Å²) in [4.78, 5) is 14.1. The van der Waals surface area contributed by atoms with Crippen LogP contribution in [0.4, 0.5) is 5.82 Å². The van der Waals surface area contributed by atoms with Crippen LogP contribution in [0.2, 0.25) is 0 Å². The summed E-state index contributed by atoms with van der Waals surface area (Å²) in [5.74, 6) is 3.95. The van der Waals surface area contributed by atoms with Gasteiger partial charge in [0.15, 0.2) is 0 Å². The summed E-state index contributed by atoms with van der Waals surface area (Å²) in [6.45, 7) is 3.29.